The standard InChI is InChI=1S/C20H27N3O/c24-20-10-5-16(6-11-20)4-7-17-3-1-2-12-22(17)14-19-13-21-15-23(19)18-8-9-18/h5-6,10-11,13,15,17-18,24H,1-4,7-9,12,14H2/t17-/m0/s1. The zero-order chi connectivity index (χ0) is 16.4. The minimum absolute atomic E-state index is 0.353. The SMILES string of the molecule is Oc1ccc(CC[C@@H]2CCCCN2Cc2cncn2C2CC2)cc1. The van der Waals surface area contributed by atoms with Crippen molar-refractivity contribution in [3.8, 4) is 5.75 Å². The summed E-state index contributed by atoms with van der Waals surface area (Å²) >= 11 is 0. The lowest BCUT2D eigenvalue weighted by Crippen LogP contribution is -2.39. The number of phenolic OH excluding ortho intramolecular Hbond substituents is 1. The summed E-state index contributed by atoms with van der Waals surface area (Å²) in [5.41, 5.74) is 2.70. The molecule has 128 valence electrons. The van der Waals surface area contributed by atoms with Crippen molar-refractivity contribution in [3.05, 3.63) is 48.0 Å². The highest BCUT2D eigenvalue weighted by Crippen LogP contribution is 2.36. The van der Waals surface area contributed by atoms with E-state index in [9.17, 15) is 5.11 Å². The van der Waals surface area contributed by atoms with Gasteiger partial charge >= 0.3 is 0 Å². The Balaban J connectivity index is 1.39. The highest BCUT2D eigenvalue weighted by molar-refractivity contribution is 5.26. The molecule has 1 aliphatic heterocycles. The van der Waals surface area contributed by atoms with Gasteiger partial charge in [-0.1, -0.05) is 18.6 Å². The van der Waals surface area contributed by atoms with Crippen molar-refractivity contribution < 1.29 is 5.11 Å². The lowest BCUT2D eigenvalue weighted by Gasteiger charge is -2.36. The van der Waals surface area contributed by atoms with Crippen LogP contribution in [-0.4, -0.2) is 32.1 Å². The number of nitrogens with zero attached hydrogens (tertiary/aromatic N) is 3. The average molecular weight is 325 g/mol. The number of imidazole rings is 1. The largest absolute Gasteiger partial charge is 0.508 e. The van der Waals surface area contributed by atoms with Crippen molar-refractivity contribution in [2.45, 2.75) is 63.6 Å². The summed E-state index contributed by atoms with van der Waals surface area (Å²) in [5.74, 6) is 0.353. The third kappa shape index (κ3) is 3.64. The number of hydrogen-bond acceptors (Lipinski definition) is 3. The van der Waals surface area contributed by atoms with Gasteiger partial charge in [-0.3, -0.25) is 4.90 Å². The van der Waals surface area contributed by atoms with Gasteiger partial charge in [0.05, 0.1) is 12.0 Å². The summed E-state index contributed by atoms with van der Waals surface area (Å²) in [5, 5.41) is 9.42. The van der Waals surface area contributed by atoms with Gasteiger partial charge in [0.2, 0.25) is 0 Å². The van der Waals surface area contributed by atoms with Crippen LogP contribution in [0.3, 0.4) is 0 Å². The number of phenols is 1. The Labute approximate surface area is 144 Å². The minimum atomic E-state index is 0.353. The molecule has 1 aromatic carbocycles. The maximum Gasteiger partial charge on any atom is 0.115 e. The second-order valence-electron chi connectivity index (χ2n) is 7.35. The zero-order valence-electron chi connectivity index (χ0n) is 14.3. The van der Waals surface area contributed by atoms with Crippen molar-refractivity contribution in [2.75, 3.05) is 6.54 Å². The van der Waals surface area contributed by atoms with Crippen LogP contribution < -0.4 is 0 Å². The smallest absolute Gasteiger partial charge is 0.115 e. The number of aryl methyl sites for hydroxylation is 1. The molecule has 1 saturated heterocycles. The summed E-state index contributed by atoms with van der Waals surface area (Å²) in [6.45, 7) is 2.24. The third-order valence-corrected chi connectivity index (χ3v) is 5.50. The van der Waals surface area contributed by atoms with E-state index in [1.165, 1.54) is 56.3 Å². The van der Waals surface area contributed by atoms with Gasteiger partial charge in [0.25, 0.3) is 0 Å². The predicted molar refractivity (Wildman–Crippen MR) is 95.0 cm³/mol. The summed E-state index contributed by atoms with van der Waals surface area (Å²) in [4.78, 5) is 7.05. The van der Waals surface area contributed by atoms with E-state index >= 15 is 0 Å². The molecule has 0 bridgehead atoms. The van der Waals surface area contributed by atoms with Crippen molar-refractivity contribution in [1.82, 2.24) is 14.5 Å². The molecule has 24 heavy (non-hydrogen) atoms. The lowest BCUT2D eigenvalue weighted by atomic mass is 9.95. The molecule has 1 N–H and O–H groups in total. The van der Waals surface area contributed by atoms with Crippen LogP contribution in [0.25, 0.3) is 0 Å². The highest BCUT2D eigenvalue weighted by Gasteiger charge is 2.28. The van der Waals surface area contributed by atoms with Crippen molar-refractivity contribution in [3.63, 3.8) is 0 Å². The fourth-order valence-electron chi connectivity index (χ4n) is 3.94. The Morgan fingerprint density at radius 2 is 1.92 bits per heavy atom. The minimum Gasteiger partial charge on any atom is -0.508 e. The van der Waals surface area contributed by atoms with E-state index in [4.69, 9.17) is 0 Å². The molecule has 2 heterocycles. The van der Waals surface area contributed by atoms with Gasteiger partial charge < -0.3 is 9.67 Å². The van der Waals surface area contributed by atoms with Crippen LogP contribution in [0.2, 0.25) is 0 Å². The molecular formula is C20H27N3O. The second-order valence-corrected chi connectivity index (χ2v) is 7.35. The van der Waals surface area contributed by atoms with E-state index in [2.05, 4.69) is 20.6 Å². The number of aromatic nitrogens is 2. The third-order valence-electron chi connectivity index (χ3n) is 5.50. The summed E-state index contributed by atoms with van der Waals surface area (Å²) in [6.07, 6.45) is 12.9. The fraction of sp³-hybridized carbons (Fsp3) is 0.550. The first-order valence-electron chi connectivity index (χ1n) is 9.32. The quantitative estimate of drug-likeness (QED) is 0.875. The van der Waals surface area contributed by atoms with Gasteiger partial charge in [-0.25, -0.2) is 4.98 Å². The molecule has 4 heteroatoms. The van der Waals surface area contributed by atoms with E-state index in [1.807, 2.05) is 18.5 Å². The van der Waals surface area contributed by atoms with Crippen LogP contribution in [0.4, 0.5) is 0 Å². The maximum atomic E-state index is 9.42. The van der Waals surface area contributed by atoms with Crippen LogP contribution >= 0.6 is 0 Å². The summed E-state index contributed by atoms with van der Waals surface area (Å²) in [6, 6.07) is 9.05. The molecule has 2 aromatic rings. The average Bonchev–Trinajstić information content (AvgIpc) is 3.35. The van der Waals surface area contributed by atoms with Gasteiger partial charge in [0.1, 0.15) is 5.75 Å². The number of likely N-dealkylation sites (tertiary alicyclic amines) is 1. The summed E-state index contributed by atoms with van der Waals surface area (Å²) in [7, 11) is 0. The molecule has 2 fully saturated rings. The molecule has 0 spiro atoms. The Bertz CT molecular complexity index is 660. The van der Waals surface area contributed by atoms with Crippen LogP contribution in [-0.2, 0) is 13.0 Å². The number of benzene rings is 1. The van der Waals surface area contributed by atoms with Crippen LogP contribution in [0.15, 0.2) is 36.8 Å². The van der Waals surface area contributed by atoms with Gasteiger partial charge in [-0.05, 0) is 62.8 Å². The van der Waals surface area contributed by atoms with E-state index in [0.29, 0.717) is 17.8 Å². The summed E-state index contributed by atoms with van der Waals surface area (Å²) < 4.78 is 2.39. The Morgan fingerprint density at radius 1 is 1.08 bits per heavy atom. The molecule has 1 aromatic heterocycles. The first-order chi connectivity index (χ1) is 11.8. The van der Waals surface area contributed by atoms with Crippen LogP contribution in [0.1, 0.15) is 55.8 Å². The van der Waals surface area contributed by atoms with E-state index < -0.39 is 0 Å². The van der Waals surface area contributed by atoms with Crippen molar-refractivity contribution in [1.29, 1.82) is 0 Å². The molecule has 0 unspecified atom stereocenters. The number of piperidine rings is 1. The normalized spacial score (nSPS) is 21.9. The molecule has 0 radical (unpaired) electrons. The molecule has 1 aliphatic carbocycles. The van der Waals surface area contributed by atoms with Crippen LogP contribution in [0, 0.1) is 0 Å². The monoisotopic (exact) mass is 325 g/mol. The van der Waals surface area contributed by atoms with E-state index in [-0.39, 0.29) is 0 Å². The fourth-order valence-corrected chi connectivity index (χ4v) is 3.94. The highest BCUT2D eigenvalue weighted by atomic mass is 16.3. The lowest BCUT2D eigenvalue weighted by molar-refractivity contribution is 0.129. The molecule has 4 rings (SSSR count). The molecule has 1 atom stereocenters. The Kier molecular flexibility index (Phi) is 4.56. The molecule has 4 nitrogen and oxygen atoms in total. The van der Waals surface area contributed by atoms with Gasteiger partial charge in [0, 0.05) is 24.8 Å². The van der Waals surface area contributed by atoms with Crippen LogP contribution in [0.5, 0.6) is 5.75 Å². The zero-order valence-corrected chi connectivity index (χ0v) is 14.3. The first-order valence-corrected chi connectivity index (χ1v) is 9.32. The van der Waals surface area contributed by atoms with Gasteiger partial charge in [0.15, 0.2) is 0 Å². The predicted octanol–water partition coefficient (Wildman–Crippen LogP) is 3.91. The second kappa shape index (κ2) is 6.98. The number of hydrogen-bond donors (Lipinski definition) is 1. The van der Waals surface area contributed by atoms with Crippen molar-refractivity contribution in [2.24, 2.45) is 0 Å². The number of rotatable bonds is 6. The Hall–Kier alpha value is -1.81. The van der Waals surface area contributed by atoms with Gasteiger partial charge in [-0.15, -0.1) is 0 Å². The number of aromatic hydroxyl groups is 1. The maximum absolute atomic E-state index is 9.42. The van der Waals surface area contributed by atoms with Gasteiger partial charge in [-0.2, -0.15) is 0 Å². The first kappa shape index (κ1) is 15.7. The van der Waals surface area contributed by atoms with E-state index in [1.54, 1.807) is 12.1 Å². The Morgan fingerprint density at radius 3 is 2.71 bits per heavy atom. The van der Waals surface area contributed by atoms with E-state index in [0.717, 1.165) is 13.0 Å². The topological polar surface area (TPSA) is 41.3 Å². The molecule has 2 aliphatic rings. The molecule has 0 amide bonds. The molecule has 1 saturated carbocycles. The van der Waals surface area contributed by atoms with Crippen molar-refractivity contribution >= 4 is 0 Å². The molecular weight excluding hydrogens is 298 g/mol.